The molecule has 0 aliphatic rings. The first kappa shape index (κ1) is 13.0. The standard InChI is InChI=1S/C15H22O/c1-5-11(3)15-9-7-8-13(10-12(4)16)14(15)6-2/h7-9,11H,5-6,10H2,1-4H3. The molecule has 1 aromatic carbocycles. The molecule has 0 N–H and O–H groups in total. The molecule has 1 nitrogen and oxygen atoms in total. The van der Waals surface area contributed by atoms with E-state index in [-0.39, 0.29) is 5.78 Å². The fourth-order valence-electron chi connectivity index (χ4n) is 2.20. The molecule has 1 atom stereocenters. The third-order valence-electron chi connectivity index (χ3n) is 3.25. The van der Waals surface area contributed by atoms with E-state index in [1.807, 2.05) is 0 Å². The highest BCUT2D eigenvalue weighted by atomic mass is 16.1. The van der Waals surface area contributed by atoms with Crippen LogP contribution in [0.15, 0.2) is 18.2 Å². The molecule has 1 aromatic rings. The van der Waals surface area contributed by atoms with Gasteiger partial charge in [0.1, 0.15) is 5.78 Å². The lowest BCUT2D eigenvalue weighted by Crippen LogP contribution is -2.05. The minimum atomic E-state index is 0.246. The average molecular weight is 218 g/mol. The molecule has 0 aromatic heterocycles. The topological polar surface area (TPSA) is 17.1 Å². The van der Waals surface area contributed by atoms with Gasteiger partial charge in [-0.05, 0) is 42.4 Å². The van der Waals surface area contributed by atoms with Gasteiger partial charge in [0, 0.05) is 6.42 Å². The fourth-order valence-corrected chi connectivity index (χ4v) is 2.20. The fraction of sp³-hybridized carbons (Fsp3) is 0.533. The van der Waals surface area contributed by atoms with Crippen molar-refractivity contribution in [3.8, 4) is 0 Å². The average Bonchev–Trinajstić information content (AvgIpc) is 2.27. The molecule has 0 radical (unpaired) electrons. The summed E-state index contributed by atoms with van der Waals surface area (Å²) in [7, 11) is 0. The minimum absolute atomic E-state index is 0.246. The number of hydrogen-bond donors (Lipinski definition) is 0. The second-order valence-corrected chi connectivity index (χ2v) is 4.53. The smallest absolute Gasteiger partial charge is 0.134 e. The van der Waals surface area contributed by atoms with E-state index in [0.717, 1.165) is 12.8 Å². The van der Waals surface area contributed by atoms with Gasteiger partial charge in [0.15, 0.2) is 0 Å². The first-order chi connectivity index (χ1) is 7.60. The van der Waals surface area contributed by atoms with Gasteiger partial charge in [-0.2, -0.15) is 0 Å². The first-order valence-corrected chi connectivity index (χ1v) is 6.20. The molecule has 0 fully saturated rings. The normalized spacial score (nSPS) is 12.5. The van der Waals surface area contributed by atoms with E-state index in [2.05, 4.69) is 39.0 Å². The molecule has 0 heterocycles. The van der Waals surface area contributed by atoms with E-state index in [1.165, 1.54) is 16.7 Å². The quantitative estimate of drug-likeness (QED) is 0.732. The second kappa shape index (κ2) is 5.83. The molecule has 0 amide bonds. The molecule has 0 bridgehead atoms. The number of ketones is 1. The van der Waals surface area contributed by atoms with Gasteiger partial charge in [-0.15, -0.1) is 0 Å². The van der Waals surface area contributed by atoms with Gasteiger partial charge in [0.2, 0.25) is 0 Å². The summed E-state index contributed by atoms with van der Waals surface area (Å²) in [6.45, 7) is 8.30. The highest BCUT2D eigenvalue weighted by Gasteiger charge is 2.12. The lowest BCUT2D eigenvalue weighted by atomic mass is 9.88. The van der Waals surface area contributed by atoms with Crippen molar-refractivity contribution in [3.05, 3.63) is 34.9 Å². The molecular formula is C15H22O. The van der Waals surface area contributed by atoms with Crippen molar-refractivity contribution in [1.29, 1.82) is 0 Å². The Morgan fingerprint density at radius 3 is 2.50 bits per heavy atom. The van der Waals surface area contributed by atoms with Crippen LogP contribution in [0.1, 0.15) is 56.7 Å². The maximum Gasteiger partial charge on any atom is 0.134 e. The van der Waals surface area contributed by atoms with E-state index in [4.69, 9.17) is 0 Å². The van der Waals surface area contributed by atoms with Crippen LogP contribution in [0.2, 0.25) is 0 Å². The summed E-state index contributed by atoms with van der Waals surface area (Å²) in [4.78, 5) is 11.2. The van der Waals surface area contributed by atoms with Gasteiger partial charge in [-0.3, -0.25) is 4.79 Å². The Morgan fingerprint density at radius 1 is 1.31 bits per heavy atom. The summed E-state index contributed by atoms with van der Waals surface area (Å²) in [5.74, 6) is 0.831. The van der Waals surface area contributed by atoms with Gasteiger partial charge in [0.05, 0.1) is 0 Å². The van der Waals surface area contributed by atoms with Crippen LogP contribution in [-0.4, -0.2) is 5.78 Å². The van der Waals surface area contributed by atoms with Crippen molar-refractivity contribution in [1.82, 2.24) is 0 Å². The van der Waals surface area contributed by atoms with Crippen LogP contribution in [0.4, 0.5) is 0 Å². The van der Waals surface area contributed by atoms with Gasteiger partial charge >= 0.3 is 0 Å². The molecule has 88 valence electrons. The molecule has 0 saturated heterocycles. The minimum Gasteiger partial charge on any atom is -0.300 e. The summed E-state index contributed by atoms with van der Waals surface area (Å²) < 4.78 is 0. The van der Waals surface area contributed by atoms with Crippen LogP contribution in [0, 0.1) is 0 Å². The van der Waals surface area contributed by atoms with Crippen LogP contribution in [-0.2, 0) is 17.6 Å². The van der Waals surface area contributed by atoms with Crippen LogP contribution in [0.25, 0.3) is 0 Å². The van der Waals surface area contributed by atoms with E-state index in [9.17, 15) is 4.79 Å². The number of carbonyl (C=O) groups excluding carboxylic acids is 1. The predicted octanol–water partition coefficient (Wildman–Crippen LogP) is 3.89. The molecule has 0 aliphatic carbocycles. The zero-order chi connectivity index (χ0) is 12.1. The molecule has 1 rings (SSSR count). The summed E-state index contributed by atoms with van der Waals surface area (Å²) in [6, 6.07) is 6.38. The molecule has 0 spiro atoms. The predicted molar refractivity (Wildman–Crippen MR) is 68.9 cm³/mol. The zero-order valence-electron chi connectivity index (χ0n) is 10.8. The maximum atomic E-state index is 11.2. The Kier molecular flexibility index (Phi) is 4.72. The number of carbonyl (C=O) groups is 1. The molecule has 0 aliphatic heterocycles. The van der Waals surface area contributed by atoms with E-state index in [1.54, 1.807) is 6.92 Å². The summed E-state index contributed by atoms with van der Waals surface area (Å²) in [6.07, 6.45) is 2.74. The third kappa shape index (κ3) is 2.94. The van der Waals surface area contributed by atoms with Gasteiger partial charge in [-0.1, -0.05) is 39.0 Å². The molecule has 1 heteroatoms. The lowest BCUT2D eigenvalue weighted by molar-refractivity contribution is -0.116. The Labute approximate surface area is 98.9 Å². The number of rotatable bonds is 5. The molecule has 0 saturated carbocycles. The number of Topliss-reactive ketones (excluding diaryl/α,β-unsaturated/α-hetero) is 1. The van der Waals surface area contributed by atoms with Crippen LogP contribution >= 0.6 is 0 Å². The highest BCUT2D eigenvalue weighted by Crippen LogP contribution is 2.26. The maximum absolute atomic E-state index is 11.2. The summed E-state index contributed by atoms with van der Waals surface area (Å²) in [5.41, 5.74) is 4.02. The molecular weight excluding hydrogens is 196 g/mol. The van der Waals surface area contributed by atoms with E-state index in [0.29, 0.717) is 12.3 Å². The van der Waals surface area contributed by atoms with Crippen molar-refractivity contribution in [2.75, 3.05) is 0 Å². The van der Waals surface area contributed by atoms with Crippen molar-refractivity contribution >= 4 is 5.78 Å². The van der Waals surface area contributed by atoms with Crippen molar-refractivity contribution in [2.45, 2.75) is 52.9 Å². The van der Waals surface area contributed by atoms with Crippen LogP contribution < -0.4 is 0 Å². The third-order valence-corrected chi connectivity index (χ3v) is 3.25. The first-order valence-electron chi connectivity index (χ1n) is 6.20. The van der Waals surface area contributed by atoms with Gasteiger partial charge < -0.3 is 0 Å². The summed E-state index contributed by atoms with van der Waals surface area (Å²) >= 11 is 0. The number of benzene rings is 1. The van der Waals surface area contributed by atoms with Gasteiger partial charge in [0.25, 0.3) is 0 Å². The lowest BCUT2D eigenvalue weighted by Gasteiger charge is -2.17. The Morgan fingerprint density at radius 2 is 2.00 bits per heavy atom. The zero-order valence-corrected chi connectivity index (χ0v) is 10.8. The van der Waals surface area contributed by atoms with E-state index >= 15 is 0 Å². The highest BCUT2D eigenvalue weighted by molar-refractivity contribution is 5.78. The van der Waals surface area contributed by atoms with Crippen LogP contribution in [0.5, 0.6) is 0 Å². The van der Waals surface area contributed by atoms with E-state index < -0.39 is 0 Å². The second-order valence-electron chi connectivity index (χ2n) is 4.53. The van der Waals surface area contributed by atoms with Crippen molar-refractivity contribution < 1.29 is 4.79 Å². The largest absolute Gasteiger partial charge is 0.300 e. The Hall–Kier alpha value is -1.11. The number of hydrogen-bond acceptors (Lipinski definition) is 1. The van der Waals surface area contributed by atoms with Crippen molar-refractivity contribution in [3.63, 3.8) is 0 Å². The Bertz CT molecular complexity index is 366. The van der Waals surface area contributed by atoms with Crippen molar-refractivity contribution in [2.24, 2.45) is 0 Å². The molecule has 16 heavy (non-hydrogen) atoms. The SMILES string of the molecule is CCc1c(CC(C)=O)cccc1C(C)CC. The monoisotopic (exact) mass is 218 g/mol. The van der Waals surface area contributed by atoms with Crippen LogP contribution in [0.3, 0.4) is 0 Å². The molecule has 1 unspecified atom stereocenters. The Balaban J connectivity index is 3.14. The van der Waals surface area contributed by atoms with Gasteiger partial charge in [-0.25, -0.2) is 0 Å². The summed E-state index contributed by atoms with van der Waals surface area (Å²) in [5, 5.41) is 0.